The summed E-state index contributed by atoms with van der Waals surface area (Å²) in [6, 6.07) is 8.90. The number of hydrogen-bond donors (Lipinski definition) is 2. The number of carbonyl (C=O) groups is 1. The van der Waals surface area contributed by atoms with Crippen molar-refractivity contribution in [1.82, 2.24) is 9.97 Å². The highest BCUT2D eigenvalue weighted by Gasteiger charge is 2.17. The number of anilines is 1. The Morgan fingerprint density at radius 3 is 2.55 bits per heavy atom. The summed E-state index contributed by atoms with van der Waals surface area (Å²) in [6.07, 6.45) is 3.09. The fourth-order valence-corrected chi connectivity index (χ4v) is 3.41. The van der Waals surface area contributed by atoms with Gasteiger partial charge >= 0.3 is 0 Å². The van der Waals surface area contributed by atoms with Gasteiger partial charge in [-0.2, -0.15) is 0 Å². The van der Waals surface area contributed by atoms with E-state index in [0.29, 0.717) is 38.3 Å². The van der Waals surface area contributed by atoms with Crippen molar-refractivity contribution in [3.8, 4) is 17.2 Å². The summed E-state index contributed by atoms with van der Waals surface area (Å²) in [6.45, 7) is 5.77. The fourth-order valence-electron chi connectivity index (χ4n) is 3.05. The van der Waals surface area contributed by atoms with Gasteiger partial charge in [0.25, 0.3) is 5.91 Å². The third-order valence-corrected chi connectivity index (χ3v) is 5.19. The summed E-state index contributed by atoms with van der Waals surface area (Å²) in [5, 5.41) is 13.4. The molecule has 2 N–H and O–H groups in total. The van der Waals surface area contributed by atoms with Crippen LogP contribution >= 0.6 is 15.9 Å². The van der Waals surface area contributed by atoms with E-state index in [1.807, 2.05) is 26.0 Å². The van der Waals surface area contributed by atoms with Crippen molar-refractivity contribution in [3.63, 3.8) is 0 Å². The second-order valence-electron chi connectivity index (χ2n) is 6.96. The Balaban J connectivity index is 1.73. The molecule has 0 bridgehead atoms. The number of hydrogen-bond acceptors (Lipinski definition) is 5. The van der Waals surface area contributed by atoms with Gasteiger partial charge in [-0.15, -0.1) is 0 Å². The molecular formula is C22H18BrN3O3. The number of rotatable bonds is 3. The Labute approximate surface area is 175 Å². The molecule has 0 fully saturated rings. The van der Waals surface area contributed by atoms with Gasteiger partial charge in [0.2, 0.25) is 5.89 Å². The van der Waals surface area contributed by atoms with E-state index in [9.17, 15) is 9.90 Å². The van der Waals surface area contributed by atoms with Crippen molar-refractivity contribution in [2.75, 3.05) is 5.32 Å². The van der Waals surface area contributed by atoms with Crippen LogP contribution in [0.4, 0.5) is 5.69 Å². The van der Waals surface area contributed by atoms with Gasteiger partial charge in [-0.25, -0.2) is 4.98 Å². The Hall–Kier alpha value is -3.19. The predicted molar refractivity (Wildman–Crippen MR) is 115 cm³/mol. The number of nitrogens with zero attached hydrogens (tertiary/aromatic N) is 2. The number of aryl methyl sites for hydroxylation is 3. The fraction of sp³-hybridized carbons (Fsp3) is 0.136. The summed E-state index contributed by atoms with van der Waals surface area (Å²) in [5.41, 5.74) is 5.53. The van der Waals surface area contributed by atoms with Gasteiger partial charge in [-0.3, -0.25) is 9.78 Å². The van der Waals surface area contributed by atoms with Gasteiger partial charge in [-0.05, 0) is 83.7 Å². The van der Waals surface area contributed by atoms with E-state index in [1.165, 1.54) is 6.20 Å². The van der Waals surface area contributed by atoms with E-state index in [4.69, 9.17) is 4.42 Å². The molecule has 2 heterocycles. The maximum atomic E-state index is 12.6. The highest BCUT2D eigenvalue weighted by Crippen LogP contribution is 2.36. The average Bonchev–Trinajstić information content (AvgIpc) is 3.07. The smallest absolute Gasteiger partial charge is 0.257 e. The Kier molecular flexibility index (Phi) is 4.84. The van der Waals surface area contributed by atoms with Crippen LogP contribution in [0, 0.1) is 20.8 Å². The van der Waals surface area contributed by atoms with Crippen LogP contribution in [0.1, 0.15) is 27.0 Å². The van der Waals surface area contributed by atoms with Gasteiger partial charge in [0.15, 0.2) is 5.58 Å². The van der Waals surface area contributed by atoms with Crippen LogP contribution < -0.4 is 5.32 Å². The van der Waals surface area contributed by atoms with E-state index < -0.39 is 0 Å². The molecule has 0 unspecified atom stereocenters. The molecule has 1 amide bonds. The van der Waals surface area contributed by atoms with Gasteiger partial charge in [0.05, 0.1) is 11.1 Å². The standard InChI is InChI=1S/C22H18BrN3O3/c1-11-5-18-19(6-12(11)2)29-22(26-18)17-8-16(4-13(3)20(17)27)25-21(28)14-7-15(23)10-24-9-14/h4-10,27H,1-3H3,(H,25,28). The molecule has 4 rings (SSSR count). The average molecular weight is 452 g/mol. The molecule has 0 radical (unpaired) electrons. The second-order valence-corrected chi connectivity index (χ2v) is 7.87. The van der Waals surface area contributed by atoms with E-state index in [-0.39, 0.29) is 11.7 Å². The molecule has 2 aromatic carbocycles. The quantitative estimate of drug-likeness (QED) is 0.399. The summed E-state index contributed by atoms with van der Waals surface area (Å²) >= 11 is 3.31. The third-order valence-electron chi connectivity index (χ3n) is 4.76. The molecule has 0 saturated heterocycles. The number of oxazole rings is 1. The third kappa shape index (κ3) is 3.73. The molecule has 4 aromatic rings. The van der Waals surface area contributed by atoms with Crippen molar-refractivity contribution >= 4 is 38.6 Å². The molecule has 0 aliphatic carbocycles. The minimum Gasteiger partial charge on any atom is -0.507 e. The molecule has 0 atom stereocenters. The maximum Gasteiger partial charge on any atom is 0.257 e. The Bertz CT molecular complexity index is 1220. The molecule has 0 aliphatic rings. The highest BCUT2D eigenvalue weighted by atomic mass is 79.9. The first kappa shape index (κ1) is 19.1. The van der Waals surface area contributed by atoms with Crippen LogP contribution in [-0.2, 0) is 0 Å². The van der Waals surface area contributed by atoms with Crippen molar-refractivity contribution in [2.45, 2.75) is 20.8 Å². The van der Waals surface area contributed by atoms with E-state index in [2.05, 4.69) is 31.2 Å². The number of carbonyl (C=O) groups excluding carboxylic acids is 1. The van der Waals surface area contributed by atoms with Crippen LogP contribution in [0.5, 0.6) is 5.75 Å². The van der Waals surface area contributed by atoms with Crippen LogP contribution in [-0.4, -0.2) is 21.0 Å². The number of pyridine rings is 1. The minimum absolute atomic E-state index is 0.0621. The number of phenols is 1. The molecular weight excluding hydrogens is 434 g/mol. The minimum atomic E-state index is -0.307. The first-order valence-electron chi connectivity index (χ1n) is 8.95. The van der Waals surface area contributed by atoms with Crippen molar-refractivity contribution < 1.29 is 14.3 Å². The molecule has 0 spiro atoms. The highest BCUT2D eigenvalue weighted by molar-refractivity contribution is 9.10. The zero-order valence-electron chi connectivity index (χ0n) is 16.1. The number of benzene rings is 2. The summed E-state index contributed by atoms with van der Waals surface area (Å²) < 4.78 is 6.60. The predicted octanol–water partition coefficient (Wildman–Crippen LogP) is 5.54. The van der Waals surface area contributed by atoms with Gasteiger partial charge < -0.3 is 14.8 Å². The zero-order chi connectivity index (χ0) is 20.7. The van der Waals surface area contributed by atoms with Gasteiger partial charge in [-0.1, -0.05) is 0 Å². The normalized spacial score (nSPS) is 11.0. The molecule has 0 aliphatic heterocycles. The van der Waals surface area contributed by atoms with Crippen LogP contribution in [0.3, 0.4) is 0 Å². The largest absolute Gasteiger partial charge is 0.507 e. The topological polar surface area (TPSA) is 88.2 Å². The maximum absolute atomic E-state index is 12.6. The lowest BCUT2D eigenvalue weighted by atomic mass is 10.1. The first-order chi connectivity index (χ1) is 13.8. The Morgan fingerprint density at radius 2 is 1.79 bits per heavy atom. The number of aromatic hydroxyl groups is 1. The lowest BCUT2D eigenvalue weighted by Crippen LogP contribution is -2.12. The monoisotopic (exact) mass is 451 g/mol. The van der Waals surface area contributed by atoms with Gasteiger partial charge in [0.1, 0.15) is 11.3 Å². The molecule has 6 nitrogen and oxygen atoms in total. The van der Waals surface area contributed by atoms with Crippen molar-refractivity contribution in [3.05, 3.63) is 69.5 Å². The first-order valence-corrected chi connectivity index (χ1v) is 9.75. The number of amides is 1. The van der Waals surface area contributed by atoms with Crippen LogP contribution in [0.15, 0.2) is 51.6 Å². The Morgan fingerprint density at radius 1 is 1.03 bits per heavy atom. The van der Waals surface area contributed by atoms with Crippen LogP contribution in [0.25, 0.3) is 22.6 Å². The summed E-state index contributed by atoms with van der Waals surface area (Å²) in [5.74, 6) is 0.0524. The lowest BCUT2D eigenvalue weighted by molar-refractivity contribution is 0.102. The number of aromatic nitrogens is 2. The summed E-state index contributed by atoms with van der Waals surface area (Å²) in [7, 11) is 0. The van der Waals surface area contributed by atoms with E-state index >= 15 is 0 Å². The second kappa shape index (κ2) is 7.33. The zero-order valence-corrected chi connectivity index (χ0v) is 17.7. The summed E-state index contributed by atoms with van der Waals surface area (Å²) in [4.78, 5) is 21.1. The van der Waals surface area contributed by atoms with Crippen molar-refractivity contribution in [2.24, 2.45) is 0 Å². The lowest BCUT2D eigenvalue weighted by Gasteiger charge is -2.10. The molecule has 7 heteroatoms. The van der Waals surface area contributed by atoms with E-state index in [0.717, 1.165) is 16.6 Å². The van der Waals surface area contributed by atoms with Crippen LogP contribution in [0.2, 0.25) is 0 Å². The SMILES string of the molecule is Cc1cc2nc(-c3cc(NC(=O)c4cncc(Br)c4)cc(C)c3O)oc2cc1C. The number of phenolic OH excluding ortho intramolecular Hbond substituents is 1. The number of nitrogens with one attached hydrogen (secondary N) is 1. The number of halogens is 1. The number of fused-ring (bicyclic) bond motifs is 1. The van der Waals surface area contributed by atoms with Gasteiger partial charge in [0, 0.05) is 22.6 Å². The molecule has 0 saturated carbocycles. The molecule has 146 valence electrons. The molecule has 2 aromatic heterocycles. The van der Waals surface area contributed by atoms with E-state index in [1.54, 1.807) is 31.3 Å². The molecule has 29 heavy (non-hydrogen) atoms. The van der Waals surface area contributed by atoms with Crippen molar-refractivity contribution in [1.29, 1.82) is 0 Å².